The van der Waals surface area contributed by atoms with Crippen molar-refractivity contribution in [3.63, 3.8) is 0 Å². The van der Waals surface area contributed by atoms with Gasteiger partial charge in [-0.05, 0) is 86.6 Å². The molecule has 0 aliphatic carbocycles. The largest absolute Gasteiger partial charge is 0.480 e. The molecule has 5 amide bonds. The lowest BCUT2D eigenvalue weighted by molar-refractivity contribution is -0.142. The summed E-state index contributed by atoms with van der Waals surface area (Å²) in [6, 6.07) is 1.05. The predicted molar refractivity (Wildman–Crippen MR) is 223 cm³/mol. The first-order chi connectivity index (χ1) is 27.3. The summed E-state index contributed by atoms with van der Waals surface area (Å²) in [7, 11) is 0. The molecule has 19 heteroatoms. The average molecular weight is 831 g/mol. The Kier molecular flexibility index (Phi) is 19.9. The summed E-state index contributed by atoms with van der Waals surface area (Å²) in [4.78, 5) is 90.4. The number of amides is 5. The number of imidazole rings is 1. The zero-order valence-electron chi connectivity index (χ0n) is 33.0. The van der Waals surface area contributed by atoms with Crippen molar-refractivity contribution < 1.29 is 33.9 Å². The van der Waals surface area contributed by atoms with Crippen LogP contribution < -0.4 is 38.1 Å². The highest BCUT2D eigenvalue weighted by molar-refractivity contribution is 7.98. The molecule has 0 spiro atoms. The zero-order chi connectivity index (χ0) is 41.9. The summed E-state index contributed by atoms with van der Waals surface area (Å²) in [5.41, 5.74) is 14.4. The molecule has 12 N–H and O–H groups in total. The SMILES string of the molecule is CSCC[C@H](NC(=O)[C@H](Cc1cnc[nH]1)NC(=O)[C@H](CCCCN)NC(=O)[C@@H](N)Cc1c[nH]c2ccccc12)C(=O)N[C@H](C(=O)N[C@H](CCSC)C(=O)O)C(C)C. The minimum atomic E-state index is -1.21. The molecule has 0 radical (unpaired) electrons. The Morgan fingerprint density at radius 1 is 0.754 bits per heavy atom. The van der Waals surface area contributed by atoms with Gasteiger partial charge in [-0.15, -0.1) is 0 Å². The Hall–Kier alpha value is -4.59. The van der Waals surface area contributed by atoms with Gasteiger partial charge in [0.2, 0.25) is 29.5 Å². The monoisotopic (exact) mass is 830 g/mol. The molecule has 0 unspecified atom stereocenters. The molecule has 0 fully saturated rings. The lowest BCUT2D eigenvalue weighted by atomic mass is 10.0. The van der Waals surface area contributed by atoms with Crippen molar-refractivity contribution in [1.82, 2.24) is 41.5 Å². The quantitative estimate of drug-likeness (QED) is 0.0504. The van der Waals surface area contributed by atoms with Gasteiger partial charge in [0.05, 0.1) is 12.4 Å². The lowest BCUT2D eigenvalue weighted by Crippen LogP contribution is -2.60. The van der Waals surface area contributed by atoms with Gasteiger partial charge in [-0.2, -0.15) is 23.5 Å². The Labute approximate surface area is 341 Å². The highest BCUT2D eigenvalue weighted by Crippen LogP contribution is 2.19. The van der Waals surface area contributed by atoms with Crippen LogP contribution in [-0.2, 0) is 41.6 Å². The van der Waals surface area contributed by atoms with E-state index >= 15 is 0 Å². The van der Waals surface area contributed by atoms with Crippen LogP contribution in [0.5, 0.6) is 0 Å². The van der Waals surface area contributed by atoms with Crippen LogP contribution in [0, 0.1) is 5.92 Å². The third-order valence-electron chi connectivity index (χ3n) is 9.36. The van der Waals surface area contributed by atoms with Crippen LogP contribution in [0.1, 0.15) is 57.2 Å². The van der Waals surface area contributed by atoms with Crippen molar-refractivity contribution >= 4 is 69.9 Å². The van der Waals surface area contributed by atoms with Gasteiger partial charge in [0.15, 0.2) is 0 Å². The number of unbranched alkanes of at least 4 members (excludes halogenated alkanes) is 1. The molecule has 3 rings (SSSR count). The highest BCUT2D eigenvalue weighted by atomic mass is 32.2. The summed E-state index contributed by atoms with van der Waals surface area (Å²) in [6.45, 7) is 3.81. The number of para-hydroxylation sites is 1. The van der Waals surface area contributed by atoms with E-state index in [1.807, 2.05) is 36.8 Å². The molecule has 0 saturated carbocycles. The number of aromatic amines is 2. The fraction of sp³-hybridized carbons (Fsp3) is 0.553. The molecular weight excluding hydrogens is 773 g/mol. The van der Waals surface area contributed by atoms with Crippen molar-refractivity contribution in [3.05, 3.63) is 54.2 Å². The number of carbonyl (C=O) groups is 6. The predicted octanol–water partition coefficient (Wildman–Crippen LogP) is 0.803. The number of nitrogens with two attached hydrogens (primary N) is 2. The van der Waals surface area contributed by atoms with E-state index in [9.17, 15) is 33.9 Å². The number of hydrogen-bond acceptors (Lipinski definition) is 11. The van der Waals surface area contributed by atoms with Gasteiger partial charge >= 0.3 is 5.97 Å². The van der Waals surface area contributed by atoms with E-state index in [-0.39, 0.29) is 32.1 Å². The number of nitrogens with zero attached hydrogens (tertiary/aromatic N) is 1. The average Bonchev–Trinajstić information content (AvgIpc) is 3.86. The van der Waals surface area contributed by atoms with Gasteiger partial charge in [0.1, 0.15) is 30.2 Å². The molecular formula is C38H58N10O7S2. The minimum absolute atomic E-state index is 0.0262. The number of carboxylic acid groups (broad SMARTS) is 1. The second kappa shape index (κ2) is 24.2. The molecule has 3 aromatic rings. The standard InChI is InChI=1S/C38H58N10O7S2/c1-22(2)32(37(53)46-30(38(54)55)13-16-57-4)48-35(51)29(12-15-56-3)45-36(52)31(18-24-20-41-21-43-24)47-34(50)28(11-7-8-14-39)44-33(49)26(40)17-23-19-42-27-10-6-5-9-25(23)27/h5-6,9-10,19-22,26,28-32,42H,7-8,11-18,39-40H2,1-4H3,(H,41,43)(H,44,49)(H,45,52)(H,46,53)(H,47,50)(H,48,51)(H,54,55)/t26-,28-,29-,30+,31-,32-/m0/s1. The summed E-state index contributed by atoms with van der Waals surface area (Å²) >= 11 is 2.89. The fourth-order valence-electron chi connectivity index (χ4n) is 6.09. The summed E-state index contributed by atoms with van der Waals surface area (Å²) in [5.74, 6) is -3.79. The minimum Gasteiger partial charge on any atom is -0.480 e. The molecule has 2 aromatic heterocycles. The summed E-state index contributed by atoms with van der Waals surface area (Å²) in [6.07, 6.45) is 10.3. The van der Waals surface area contributed by atoms with E-state index in [0.717, 1.165) is 16.5 Å². The number of aromatic nitrogens is 3. The summed E-state index contributed by atoms with van der Waals surface area (Å²) in [5, 5.41) is 24.1. The third kappa shape index (κ3) is 15.0. The zero-order valence-corrected chi connectivity index (χ0v) is 34.6. The number of nitrogens with one attached hydrogen (secondary N) is 7. The molecule has 57 heavy (non-hydrogen) atoms. The van der Waals surface area contributed by atoms with Gasteiger partial charge in [-0.1, -0.05) is 32.0 Å². The van der Waals surface area contributed by atoms with Gasteiger partial charge in [0.25, 0.3) is 0 Å². The lowest BCUT2D eigenvalue weighted by Gasteiger charge is -2.28. The maximum Gasteiger partial charge on any atom is 0.326 e. The highest BCUT2D eigenvalue weighted by Gasteiger charge is 2.34. The first-order valence-electron chi connectivity index (χ1n) is 19.0. The van der Waals surface area contributed by atoms with Crippen molar-refractivity contribution in [2.24, 2.45) is 17.4 Å². The van der Waals surface area contributed by atoms with Crippen molar-refractivity contribution in [2.45, 2.75) is 95.0 Å². The Balaban J connectivity index is 1.79. The Morgan fingerprint density at radius 3 is 1.98 bits per heavy atom. The van der Waals surface area contributed by atoms with Crippen LogP contribution in [0.2, 0.25) is 0 Å². The number of H-pyrrole nitrogens is 2. The molecule has 0 aliphatic rings. The number of aliphatic carboxylic acids is 1. The van der Waals surface area contributed by atoms with Crippen LogP contribution in [0.3, 0.4) is 0 Å². The molecule has 1 aromatic carbocycles. The number of rotatable bonds is 26. The first kappa shape index (κ1) is 46.8. The molecule has 2 heterocycles. The van der Waals surface area contributed by atoms with Crippen LogP contribution in [0.15, 0.2) is 43.0 Å². The van der Waals surface area contributed by atoms with Crippen molar-refractivity contribution in [2.75, 3.05) is 30.6 Å². The first-order valence-corrected chi connectivity index (χ1v) is 21.8. The van der Waals surface area contributed by atoms with Crippen LogP contribution >= 0.6 is 23.5 Å². The van der Waals surface area contributed by atoms with Gasteiger partial charge < -0.3 is 53.1 Å². The maximum absolute atomic E-state index is 14.0. The van der Waals surface area contributed by atoms with E-state index in [0.29, 0.717) is 36.6 Å². The van der Waals surface area contributed by atoms with Crippen LogP contribution in [-0.4, -0.2) is 122 Å². The topological polar surface area (TPSA) is 279 Å². The van der Waals surface area contributed by atoms with E-state index in [4.69, 9.17) is 11.5 Å². The number of benzene rings is 1. The molecule has 6 atom stereocenters. The number of thioether (sulfide) groups is 2. The van der Waals surface area contributed by atoms with Crippen LogP contribution in [0.4, 0.5) is 0 Å². The number of fused-ring (bicyclic) bond motifs is 1. The third-order valence-corrected chi connectivity index (χ3v) is 10.6. The Morgan fingerprint density at radius 2 is 1.35 bits per heavy atom. The van der Waals surface area contributed by atoms with Gasteiger partial charge in [0, 0.05) is 35.4 Å². The van der Waals surface area contributed by atoms with Gasteiger partial charge in [-0.25, -0.2) is 9.78 Å². The normalized spacial score (nSPS) is 14.5. The molecule has 0 bridgehead atoms. The molecule has 0 saturated heterocycles. The van der Waals surface area contributed by atoms with Crippen molar-refractivity contribution in [1.29, 1.82) is 0 Å². The second-order valence-electron chi connectivity index (χ2n) is 14.1. The number of carbonyl (C=O) groups excluding carboxylic acids is 5. The number of hydrogen-bond donors (Lipinski definition) is 10. The fourth-order valence-corrected chi connectivity index (χ4v) is 7.03. The van der Waals surface area contributed by atoms with E-state index in [1.54, 1.807) is 20.0 Å². The van der Waals surface area contributed by atoms with Crippen LogP contribution in [0.25, 0.3) is 10.9 Å². The van der Waals surface area contributed by atoms with Gasteiger partial charge in [-0.3, -0.25) is 24.0 Å². The van der Waals surface area contributed by atoms with Crippen molar-refractivity contribution in [3.8, 4) is 0 Å². The summed E-state index contributed by atoms with van der Waals surface area (Å²) < 4.78 is 0. The van der Waals surface area contributed by atoms with E-state index in [1.165, 1.54) is 36.0 Å². The molecule has 0 aliphatic heterocycles. The maximum atomic E-state index is 14.0. The Bertz CT molecular complexity index is 1760. The van der Waals surface area contributed by atoms with E-state index < -0.39 is 77.7 Å². The molecule has 314 valence electrons. The number of carboxylic acids is 1. The molecule has 17 nitrogen and oxygen atoms in total. The smallest absolute Gasteiger partial charge is 0.326 e. The second-order valence-corrected chi connectivity index (χ2v) is 16.1. The van der Waals surface area contributed by atoms with E-state index in [2.05, 4.69) is 41.5 Å².